The number of carbonyl (C=O) groups excluding carboxylic acids is 1. The Morgan fingerprint density at radius 3 is 2.50 bits per heavy atom. The van der Waals surface area contributed by atoms with E-state index in [2.05, 4.69) is 20.6 Å². The number of halogens is 1. The van der Waals surface area contributed by atoms with Crippen molar-refractivity contribution in [3.8, 4) is 11.1 Å². The molecular formula is C23H24FN7O3. The van der Waals surface area contributed by atoms with Crippen molar-refractivity contribution >= 4 is 28.9 Å². The van der Waals surface area contributed by atoms with Gasteiger partial charge in [-0.05, 0) is 42.7 Å². The molecule has 1 aromatic carbocycles. The molecule has 10 nitrogen and oxygen atoms in total. The molecule has 1 amide bonds. The van der Waals surface area contributed by atoms with E-state index in [0.717, 1.165) is 31.7 Å². The minimum Gasteiger partial charge on any atom is -0.365 e. The Morgan fingerprint density at radius 1 is 1.09 bits per heavy atom. The van der Waals surface area contributed by atoms with Crippen LogP contribution in [-0.2, 0) is 0 Å². The summed E-state index contributed by atoms with van der Waals surface area (Å²) in [4.78, 5) is 30.9. The molecule has 0 saturated heterocycles. The summed E-state index contributed by atoms with van der Waals surface area (Å²) >= 11 is 0. The van der Waals surface area contributed by atoms with Crippen LogP contribution in [0.1, 0.15) is 36.0 Å². The molecule has 0 bridgehead atoms. The number of nitrogens with one attached hydrogen (secondary N) is 2. The first kappa shape index (κ1) is 23.1. The van der Waals surface area contributed by atoms with E-state index in [1.54, 1.807) is 24.4 Å². The largest absolute Gasteiger partial charge is 0.365 e. The topological polar surface area (TPSA) is 162 Å². The number of nitrogens with zero attached hydrogens (tertiary/aromatic N) is 3. The zero-order valence-electron chi connectivity index (χ0n) is 18.2. The SMILES string of the molecule is NC(=O)c1cc(F)c(NC2CCCC[C@@H]2N)nc1Nc1cncc(-c2ccc([N+](=O)[O-])cc2)c1. The highest BCUT2D eigenvalue weighted by Gasteiger charge is 2.24. The van der Waals surface area contributed by atoms with E-state index in [0.29, 0.717) is 16.8 Å². The van der Waals surface area contributed by atoms with Gasteiger partial charge in [-0.15, -0.1) is 0 Å². The number of aromatic nitrogens is 2. The minimum absolute atomic E-state index is 0.0191. The molecule has 0 spiro atoms. The summed E-state index contributed by atoms with van der Waals surface area (Å²) < 4.78 is 14.7. The quantitative estimate of drug-likeness (QED) is 0.303. The van der Waals surface area contributed by atoms with Gasteiger partial charge in [0, 0.05) is 36.0 Å². The van der Waals surface area contributed by atoms with Crippen LogP contribution >= 0.6 is 0 Å². The van der Waals surface area contributed by atoms with Crippen LogP contribution in [0.25, 0.3) is 11.1 Å². The maximum absolute atomic E-state index is 14.7. The first-order chi connectivity index (χ1) is 16.3. The summed E-state index contributed by atoms with van der Waals surface area (Å²) in [7, 11) is 0. The predicted molar refractivity (Wildman–Crippen MR) is 126 cm³/mol. The van der Waals surface area contributed by atoms with Crippen molar-refractivity contribution < 1.29 is 14.1 Å². The van der Waals surface area contributed by atoms with Crippen molar-refractivity contribution in [3.05, 3.63) is 70.3 Å². The second kappa shape index (κ2) is 9.79. The lowest BCUT2D eigenvalue weighted by atomic mass is 9.91. The van der Waals surface area contributed by atoms with Crippen LogP contribution in [0.2, 0.25) is 0 Å². The van der Waals surface area contributed by atoms with Crippen molar-refractivity contribution in [2.24, 2.45) is 11.5 Å². The van der Waals surface area contributed by atoms with E-state index in [-0.39, 0.29) is 35.0 Å². The Balaban J connectivity index is 1.62. The highest BCUT2D eigenvalue weighted by molar-refractivity contribution is 5.98. The lowest BCUT2D eigenvalue weighted by Crippen LogP contribution is -2.43. The molecule has 2 aromatic heterocycles. The van der Waals surface area contributed by atoms with Crippen molar-refractivity contribution in [2.75, 3.05) is 10.6 Å². The molecule has 34 heavy (non-hydrogen) atoms. The third kappa shape index (κ3) is 5.09. The Bertz CT molecular complexity index is 1220. The fraction of sp³-hybridized carbons (Fsp3) is 0.261. The molecule has 3 aromatic rings. The number of primary amides is 1. The number of non-ortho nitro benzene ring substituents is 1. The number of anilines is 3. The number of carbonyl (C=O) groups is 1. The molecule has 2 atom stereocenters. The average molecular weight is 465 g/mol. The average Bonchev–Trinajstić information content (AvgIpc) is 2.82. The normalized spacial score (nSPS) is 17.7. The van der Waals surface area contributed by atoms with Gasteiger partial charge in [0.2, 0.25) is 0 Å². The molecule has 1 aliphatic carbocycles. The monoisotopic (exact) mass is 465 g/mol. The zero-order valence-corrected chi connectivity index (χ0v) is 18.2. The molecule has 6 N–H and O–H groups in total. The van der Waals surface area contributed by atoms with Gasteiger partial charge < -0.3 is 22.1 Å². The Labute approximate surface area is 194 Å². The van der Waals surface area contributed by atoms with Gasteiger partial charge in [0.05, 0.1) is 22.4 Å². The maximum atomic E-state index is 14.7. The summed E-state index contributed by atoms with van der Waals surface area (Å²) in [6.07, 6.45) is 6.75. The van der Waals surface area contributed by atoms with E-state index in [1.165, 1.54) is 18.3 Å². The summed E-state index contributed by atoms with van der Waals surface area (Å²) in [5.41, 5.74) is 13.3. The highest BCUT2D eigenvalue weighted by Crippen LogP contribution is 2.29. The van der Waals surface area contributed by atoms with Gasteiger partial charge in [-0.25, -0.2) is 9.37 Å². The van der Waals surface area contributed by atoms with Crippen molar-refractivity contribution in [1.82, 2.24) is 9.97 Å². The molecule has 176 valence electrons. The van der Waals surface area contributed by atoms with Crippen LogP contribution in [0.5, 0.6) is 0 Å². The summed E-state index contributed by atoms with van der Waals surface area (Å²) in [6, 6.07) is 8.54. The molecule has 4 rings (SSSR count). The van der Waals surface area contributed by atoms with Crippen molar-refractivity contribution in [2.45, 2.75) is 37.8 Å². The van der Waals surface area contributed by atoms with Crippen molar-refractivity contribution in [1.29, 1.82) is 0 Å². The van der Waals surface area contributed by atoms with Gasteiger partial charge in [0.15, 0.2) is 11.6 Å². The standard InChI is InChI=1S/C23H24FN7O3/c24-18-10-17(21(26)32)22(30-23(18)29-20-4-2-1-3-19(20)25)28-15-9-14(11-27-12-15)13-5-7-16(8-6-13)31(33)34/h5-12,19-20H,1-4,25H2,(H2,26,32)(H2,28,29,30)/t19-,20?/m0/s1. The number of hydrogen-bond donors (Lipinski definition) is 4. The van der Waals surface area contributed by atoms with Crippen LogP contribution in [0, 0.1) is 15.9 Å². The van der Waals surface area contributed by atoms with Gasteiger partial charge >= 0.3 is 0 Å². The number of pyridine rings is 2. The number of rotatable bonds is 7. The molecule has 1 fully saturated rings. The van der Waals surface area contributed by atoms with Gasteiger partial charge in [0.1, 0.15) is 5.82 Å². The molecule has 0 radical (unpaired) electrons. The first-order valence-electron chi connectivity index (χ1n) is 10.8. The van der Waals surface area contributed by atoms with Gasteiger partial charge in [0.25, 0.3) is 11.6 Å². The lowest BCUT2D eigenvalue weighted by Gasteiger charge is -2.30. The Hall–Kier alpha value is -4.12. The lowest BCUT2D eigenvalue weighted by molar-refractivity contribution is -0.384. The smallest absolute Gasteiger partial charge is 0.269 e. The molecule has 11 heteroatoms. The van der Waals surface area contributed by atoms with Gasteiger partial charge in [-0.2, -0.15) is 0 Å². The number of hydrogen-bond acceptors (Lipinski definition) is 8. The number of benzene rings is 1. The van der Waals surface area contributed by atoms with E-state index in [1.807, 2.05) is 0 Å². The van der Waals surface area contributed by atoms with Gasteiger partial charge in [-0.1, -0.05) is 12.8 Å². The molecular weight excluding hydrogens is 441 g/mol. The predicted octanol–water partition coefficient (Wildman–Crippen LogP) is 3.72. The summed E-state index contributed by atoms with van der Waals surface area (Å²) in [5.74, 6) is -1.48. The second-order valence-electron chi connectivity index (χ2n) is 8.17. The Kier molecular flexibility index (Phi) is 6.64. The van der Waals surface area contributed by atoms with Crippen LogP contribution < -0.4 is 22.1 Å². The first-order valence-corrected chi connectivity index (χ1v) is 10.8. The van der Waals surface area contributed by atoms with E-state index in [4.69, 9.17) is 11.5 Å². The Morgan fingerprint density at radius 2 is 1.82 bits per heavy atom. The third-order valence-corrected chi connectivity index (χ3v) is 5.80. The third-order valence-electron chi connectivity index (χ3n) is 5.80. The van der Waals surface area contributed by atoms with Crippen molar-refractivity contribution in [3.63, 3.8) is 0 Å². The number of nitro groups is 1. The van der Waals surface area contributed by atoms with Crippen LogP contribution in [0.3, 0.4) is 0 Å². The summed E-state index contributed by atoms with van der Waals surface area (Å²) in [5, 5.41) is 16.9. The second-order valence-corrected chi connectivity index (χ2v) is 8.17. The number of nitrogens with two attached hydrogens (primary N) is 2. The van der Waals surface area contributed by atoms with Crippen LogP contribution in [0.4, 0.5) is 27.4 Å². The molecule has 1 unspecified atom stereocenters. The zero-order chi connectivity index (χ0) is 24.2. The van der Waals surface area contributed by atoms with Crippen LogP contribution in [-0.4, -0.2) is 32.9 Å². The minimum atomic E-state index is -0.839. The number of nitro benzene ring substituents is 1. The number of amides is 1. The van der Waals surface area contributed by atoms with E-state index in [9.17, 15) is 19.3 Å². The van der Waals surface area contributed by atoms with E-state index >= 15 is 0 Å². The fourth-order valence-corrected chi connectivity index (χ4v) is 3.97. The fourth-order valence-electron chi connectivity index (χ4n) is 3.97. The van der Waals surface area contributed by atoms with Gasteiger partial charge in [-0.3, -0.25) is 19.9 Å². The molecule has 2 heterocycles. The van der Waals surface area contributed by atoms with E-state index < -0.39 is 16.6 Å². The highest BCUT2D eigenvalue weighted by atomic mass is 19.1. The molecule has 1 aliphatic rings. The molecule has 0 aliphatic heterocycles. The maximum Gasteiger partial charge on any atom is 0.269 e. The van der Waals surface area contributed by atoms with Crippen LogP contribution in [0.15, 0.2) is 48.8 Å². The summed E-state index contributed by atoms with van der Waals surface area (Å²) in [6.45, 7) is 0. The molecule has 1 saturated carbocycles.